The van der Waals surface area contributed by atoms with Gasteiger partial charge in [0, 0.05) is 25.1 Å². The van der Waals surface area contributed by atoms with Crippen molar-refractivity contribution in [3.05, 3.63) is 114 Å². The number of hydrogen-bond donors (Lipinski definition) is 3. The molecule has 0 fully saturated rings. The fourth-order valence-electron chi connectivity index (χ4n) is 4.93. The third-order valence-electron chi connectivity index (χ3n) is 7.02. The summed E-state index contributed by atoms with van der Waals surface area (Å²) in [6.45, 7) is 5.80. The molecule has 0 spiro atoms. The molecule has 0 radical (unpaired) electrons. The lowest BCUT2D eigenvalue weighted by molar-refractivity contribution is -0.114. The smallest absolute Gasteiger partial charge is 0.255 e. The molecule has 214 valence electrons. The summed E-state index contributed by atoms with van der Waals surface area (Å²) < 4.78 is 19.8. The van der Waals surface area contributed by atoms with Gasteiger partial charge in [0.2, 0.25) is 5.91 Å². The molecule has 3 N–H and O–H groups in total. The molecular weight excluding hydrogens is 533 g/mol. The third kappa shape index (κ3) is 5.95. The molecule has 2 amide bonds. The van der Waals surface area contributed by atoms with E-state index in [1.54, 1.807) is 18.2 Å². The van der Waals surface area contributed by atoms with Gasteiger partial charge >= 0.3 is 0 Å². The molecule has 0 bridgehead atoms. The minimum Gasteiger partial charge on any atom is -0.455 e. The Bertz CT molecular complexity index is 1740. The van der Waals surface area contributed by atoms with E-state index in [4.69, 9.17) is 9.25 Å². The zero-order valence-electron chi connectivity index (χ0n) is 23.9. The summed E-state index contributed by atoms with van der Waals surface area (Å²) in [7, 11) is 1.52. The number of carbonyl (C=O) groups excluding carboxylic acids is 2. The van der Waals surface area contributed by atoms with Crippen LogP contribution in [0, 0.1) is 5.82 Å². The molecule has 1 heterocycles. The van der Waals surface area contributed by atoms with Gasteiger partial charge in [-0.25, -0.2) is 4.39 Å². The average Bonchev–Trinajstić information content (AvgIpc) is 3.38. The van der Waals surface area contributed by atoms with Crippen LogP contribution in [0.3, 0.4) is 0 Å². The minimum atomic E-state index is -0.403. The Labute approximate surface area is 243 Å². The summed E-state index contributed by atoms with van der Waals surface area (Å²) in [5.41, 5.74) is 7.91. The Hall–Kier alpha value is -4.79. The summed E-state index contributed by atoms with van der Waals surface area (Å²) in [5, 5.41) is 6.05. The first-order chi connectivity index (χ1) is 20.2. The van der Waals surface area contributed by atoms with Crippen LogP contribution in [0.15, 0.2) is 95.4 Å². The Kier molecular flexibility index (Phi) is 8.20. The van der Waals surface area contributed by atoms with Gasteiger partial charge in [-0.1, -0.05) is 48.5 Å². The second-order valence-electron chi connectivity index (χ2n) is 10.5. The van der Waals surface area contributed by atoms with Crippen LogP contribution in [-0.4, -0.2) is 18.9 Å². The van der Waals surface area contributed by atoms with Crippen molar-refractivity contribution in [3.63, 3.8) is 0 Å². The quantitative estimate of drug-likeness (QED) is 0.165. The van der Waals surface area contributed by atoms with Crippen molar-refractivity contribution in [3.8, 4) is 22.5 Å². The van der Waals surface area contributed by atoms with Crippen LogP contribution in [0.5, 0.6) is 0 Å². The zero-order chi connectivity index (χ0) is 29.9. The van der Waals surface area contributed by atoms with E-state index in [1.165, 1.54) is 26.1 Å². The number of hydroxylamine groups is 1. The zero-order valence-corrected chi connectivity index (χ0v) is 23.9. The predicted octanol–water partition coefficient (Wildman–Crippen LogP) is 7.18. The topological polar surface area (TPSA) is 92.6 Å². The molecule has 0 unspecified atom stereocenters. The van der Waals surface area contributed by atoms with Crippen LogP contribution in [0.2, 0.25) is 0 Å². The van der Waals surface area contributed by atoms with Crippen molar-refractivity contribution < 1.29 is 23.2 Å². The number of rotatable bonds is 9. The first-order valence-corrected chi connectivity index (χ1v) is 13.6. The number of carbonyl (C=O) groups is 2. The van der Waals surface area contributed by atoms with Gasteiger partial charge in [0.15, 0.2) is 0 Å². The van der Waals surface area contributed by atoms with E-state index in [0.29, 0.717) is 34.4 Å². The molecule has 0 aliphatic carbocycles. The molecule has 0 aliphatic rings. The lowest BCUT2D eigenvalue weighted by Crippen LogP contribution is -2.36. The average molecular weight is 566 g/mol. The van der Waals surface area contributed by atoms with E-state index in [-0.39, 0.29) is 17.2 Å². The fourth-order valence-corrected chi connectivity index (χ4v) is 4.93. The predicted molar refractivity (Wildman–Crippen MR) is 162 cm³/mol. The summed E-state index contributed by atoms with van der Waals surface area (Å²) in [6, 6.07) is 27.1. The Morgan fingerprint density at radius 1 is 0.905 bits per heavy atom. The number of fused-ring (bicyclic) bond motifs is 1. The standard InChI is InChI=1S/C34H32FN3O4/c1-21(39)37-31-27(24-10-8-9-22(19-24)20-41-38-34(2,3)25-11-6-5-7-12-25)17-18-28-29(31)30(33(40)36-4)32(42-28)23-13-15-26(35)16-14-23/h5-19,38H,20H2,1-4H3,(H,36,40)(H,37,39). The van der Waals surface area contributed by atoms with E-state index in [9.17, 15) is 14.0 Å². The van der Waals surface area contributed by atoms with Crippen LogP contribution >= 0.6 is 0 Å². The maximum atomic E-state index is 13.7. The van der Waals surface area contributed by atoms with E-state index >= 15 is 0 Å². The van der Waals surface area contributed by atoms with Crippen molar-refractivity contribution >= 4 is 28.5 Å². The molecule has 0 aliphatic heterocycles. The molecule has 5 aromatic rings. The SMILES string of the molecule is CNC(=O)c1c(-c2ccc(F)cc2)oc2ccc(-c3cccc(CONC(C)(C)c4ccccc4)c3)c(NC(C)=O)c12. The maximum Gasteiger partial charge on any atom is 0.255 e. The van der Waals surface area contributed by atoms with Gasteiger partial charge in [0.05, 0.1) is 28.8 Å². The number of furan rings is 1. The van der Waals surface area contributed by atoms with E-state index in [2.05, 4.69) is 16.1 Å². The van der Waals surface area contributed by atoms with Crippen LogP contribution < -0.4 is 16.1 Å². The van der Waals surface area contributed by atoms with Crippen molar-refractivity contribution in [2.45, 2.75) is 32.9 Å². The first-order valence-electron chi connectivity index (χ1n) is 13.6. The minimum absolute atomic E-state index is 0.247. The molecule has 7 nitrogen and oxygen atoms in total. The fraction of sp³-hybridized carbons (Fsp3) is 0.176. The highest BCUT2D eigenvalue weighted by atomic mass is 19.1. The number of benzene rings is 4. The maximum absolute atomic E-state index is 13.7. The molecule has 4 aromatic carbocycles. The Morgan fingerprint density at radius 2 is 1.64 bits per heavy atom. The molecule has 8 heteroatoms. The molecule has 1 aromatic heterocycles. The molecule has 0 saturated heterocycles. The van der Waals surface area contributed by atoms with Crippen LogP contribution in [0.1, 0.15) is 42.3 Å². The highest BCUT2D eigenvalue weighted by Gasteiger charge is 2.26. The van der Waals surface area contributed by atoms with Gasteiger partial charge in [-0.05, 0) is 73.0 Å². The van der Waals surface area contributed by atoms with Gasteiger partial charge in [-0.3, -0.25) is 14.4 Å². The highest BCUT2D eigenvalue weighted by molar-refractivity contribution is 6.18. The van der Waals surface area contributed by atoms with Crippen LogP contribution in [0.4, 0.5) is 10.1 Å². The van der Waals surface area contributed by atoms with E-state index in [1.807, 2.05) is 74.5 Å². The molecule has 0 atom stereocenters. The van der Waals surface area contributed by atoms with Gasteiger partial charge < -0.3 is 15.1 Å². The second-order valence-corrected chi connectivity index (χ2v) is 10.5. The number of nitrogens with one attached hydrogen (secondary N) is 3. The van der Waals surface area contributed by atoms with Crippen molar-refractivity contribution in [2.24, 2.45) is 0 Å². The highest BCUT2D eigenvalue weighted by Crippen LogP contribution is 2.42. The monoisotopic (exact) mass is 565 g/mol. The van der Waals surface area contributed by atoms with Gasteiger partial charge in [0.25, 0.3) is 5.91 Å². The second kappa shape index (κ2) is 12.0. The van der Waals surface area contributed by atoms with Crippen molar-refractivity contribution in [2.75, 3.05) is 12.4 Å². The summed E-state index contributed by atoms with van der Waals surface area (Å²) in [6.07, 6.45) is 0. The Morgan fingerprint density at radius 3 is 2.33 bits per heavy atom. The largest absolute Gasteiger partial charge is 0.455 e. The summed E-state index contributed by atoms with van der Waals surface area (Å²) in [5.74, 6) is -0.823. The Balaban J connectivity index is 1.54. The number of amides is 2. The van der Waals surface area contributed by atoms with Gasteiger partial charge in [-0.15, -0.1) is 0 Å². The lowest BCUT2D eigenvalue weighted by Gasteiger charge is -2.26. The number of hydrogen-bond acceptors (Lipinski definition) is 5. The molecular formula is C34H32FN3O4. The summed E-state index contributed by atoms with van der Waals surface area (Å²) >= 11 is 0. The number of halogens is 1. The number of anilines is 1. The first kappa shape index (κ1) is 28.7. The van der Waals surface area contributed by atoms with Gasteiger partial charge in [0.1, 0.15) is 17.2 Å². The van der Waals surface area contributed by atoms with Gasteiger partial charge in [-0.2, -0.15) is 5.48 Å². The molecule has 5 rings (SSSR count). The molecule has 42 heavy (non-hydrogen) atoms. The lowest BCUT2D eigenvalue weighted by atomic mass is 9.96. The molecule has 0 saturated carbocycles. The van der Waals surface area contributed by atoms with Crippen molar-refractivity contribution in [1.82, 2.24) is 10.8 Å². The summed E-state index contributed by atoms with van der Waals surface area (Å²) in [4.78, 5) is 31.5. The van der Waals surface area contributed by atoms with Crippen LogP contribution in [0.25, 0.3) is 33.4 Å². The van der Waals surface area contributed by atoms with Crippen LogP contribution in [-0.2, 0) is 21.8 Å². The third-order valence-corrected chi connectivity index (χ3v) is 7.02. The normalized spacial score (nSPS) is 11.5. The van der Waals surface area contributed by atoms with E-state index in [0.717, 1.165) is 16.7 Å². The van der Waals surface area contributed by atoms with E-state index < -0.39 is 17.3 Å². The van der Waals surface area contributed by atoms with Crippen molar-refractivity contribution in [1.29, 1.82) is 0 Å².